The number of aryl methyl sites for hydroxylation is 2. The molecule has 2 aromatic heterocycles. The third kappa shape index (κ3) is 3.34. The second kappa shape index (κ2) is 6.66. The van der Waals surface area contributed by atoms with E-state index in [0.717, 1.165) is 11.3 Å². The normalized spacial score (nSPS) is 10.8. The highest BCUT2D eigenvalue weighted by atomic mass is 19.1. The zero-order chi connectivity index (χ0) is 17.1. The third-order valence-corrected chi connectivity index (χ3v) is 3.81. The molecule has 1 amide bonds. The first-order valence-electron chi connectivity index (χ1n) is 7.62. The number of aromatic nitrogens is 4. The lowest BCUT2D eigenvalue weighted by Crippen LogP contribution is -2.27. The molecule has 0 fully saturated rings. The van der Waals surface area contributed by atoms with E-state index in [2.05, 4.69) is 20.4 Å². The lowest BCUT2D eigenvalue weighted by molar-refractivity contribution is 0.0949. The second-order valence-corrected chi connectivity index (χ2v) is 5.52. The van der Waals surface area contributed by atoms with E-state index in [1.807, 2.05) is 13.1 Å². The van der Waals surface area contributed by atoms with Gasteiger partial charge in [-0.05, 0) is 37.3 Å². The minimum absolute atomic E-state index is 0.237. The van der Waals surface area contributed by atoms with Gasteiger partial charge in [-0.25, -0.2) is 9.37 Å². The highest BCUT2D eigenvalue weighted by Crippen LogP contribution is 2.18. The Bertz CT molecular complexity index is 850. The van der Waals surface area contributed by atoms with Gasteiger partial charge < -0.3 is 10.3 Å². The Hall–Kier alpha value is -2.96. The Morgan fingerprint density at radius 1 is 1.29 bits per heavy atom. The van der Waals surface area contributed by atoms with E-state index < -0.39 is 0 Å². The summed E-state index contributed by atoms with van der Waals surface area (Å²) in [4.78, 5) is 19.7. The maximum absolute atomic E-state index is 13.0. The van der Waals surface area contributed by atoms with Crippen molar-refractivity contribution < 1.29 is 9.18 Å². The van der Waals surface area contributed by atoms with Crippen LogP contribution in [-0.4, -0.2) is 32.2 Å². The zero-order valence-corrected chi connectivity index (χ0v) is 13.5. The Kier molecular flexibility index (Phi) is 4.41. The molecule has 0 saturated heterocycles. The number of halogens is 1. The predicted molar refractivity (Wildman–Crippen MR) is 88.0 cm³/mol. The van der Waals surface area contributed by atoms with Gasteiger partial charge in [0.15, 0.2) is 0 Å². The first-order chi connectivity index (χ1) is 11.5. The second-order valence-electron chi connectivity index (χ2n) is 5.52. The number of amides is 1. The monoisotopic (exact) mass is 327 g/mol. The maximum Gasteiger partial charge on any atom is 0.271 e. The number of nitrogens with one attached hydrogen (secondary N) is 2. The van der Waals surface area contributed by atoms with Gasteiger partial charge in [-0.3, -0.25) is 9.48 Å². The van der Waals surface area contributed by atoms with Crippen molar-refractivity contribution in [3.8, 4) is 11.4 Å². The van der Waals surface area contributed by atoms with E-state index in [4.69, 9.17) is 0 Å². The summed E-state index contributed by atoms with van der Waals surface area (Å²) in [5, 5.41) is 6.95. The number of rotatable bonds is 5. The summed E-state index contributed by atoms with van der Waals surface area (Å²) in [6, 6.07) is 7.88. The van der Waals surface area contributed by atoms with Crippen LogP contribution in [0.15, 0.2) is 36.5 Å². The lowest BCUT2D eigenvalue weighted by Gasteiger charge is -2.04. The van der Waals surface area contributed by atoms with E-state index in [1.54, 1.807) is 29.9 Å². The van der Waals surface area contributed by atoms with Gasteiger partial charge in [-0.2, -0.15) is 5.10 Å². The molecule has 0 radical (unpaired) electrons. The molecule has 3 rings (SSSR count). The number of imidazole rings is 1. The fourth-order valence-corrected chi connectivity index (χ4v) is 2.46. The van der Waals surface area contributed by atoms with Crippen molar-refractivity contribution in [3.05, 3.63) is 59.4 Å². The molecule has 0 aliphatic heterocycles. The average molecular weight is 327 g/mol. The number of carbonyl (C=O) groups excluding carboxylic acids is 1. The van der Waals surface area contributed by atoms with Crippen molar-refractivity contribution in [2.24, 2.45) is 7.05 Å². The Morgan fingerprint density at radius 3 is 2.71 bits per heavy atom. The Balaban J connectivity index is 1.67. The van der Waals surface area contributed by atoms with Crippen LogP contribution in [0.25, 0.3) is 11.4 Å². The van der Waals surface area contributed by atoms with Crippen LogP contribution in [0.2, 0.25) is 0 Å². The number of benzene rings is 1. The van der Waals surface area contributed by atoms with E-state index in [-0.39, 0.29) is 11.7 Å². The first kappa shape index (κ1) is 15.9. The summed E-state index contributed by atoms with van der Waals surface area (Å²) in [5.41, 5.74) is 2.79. The topological polar surface area (TPSA) is 75.6 Å². The number of H-pyrrole nitrogens is 1. The number of aromatic amines is 1. The summed E-state index contributed by atoms with van der Waals surface area (Å²) >= 11 is 0. The molecule has 0 spiro atoms. The third-order valence-electron chi connectivity index (χ3n) is 3.81. The molecule has 0 saturated carbocycles. The summed E-state index contributed by atoms with van der Waals surface area (Å²) in [7, 11) is 1.87. The average Bonchev–Trinajstić information content (AvgIpc) is 3.14. The van der Waals surface area contributed by atoms with E-state index >= 15 is 0 Å². The molecular formula is C17H18FN5O. The maximum atomic E-state index is 13.0. The number of carbonyl (C=O) groups is 1. The van der Waals surface area contributed by atoms with Crippen molar-refractivity contribution in [2.45, 2.75) is 13.3 Å². The number of nitrogens with zero attached hydrogens (tertiary/aromatic N) is 3. The predicted octanol–water partition coefficient (Wildman–Crippen LogP) is 2.23. The van der Waals surface area contributed by atoms with Gasteiger partial charge in [0.1, 0.15) is 17.3 Å². The molecule has 0 aliphatic carbocycles. The molecular weight excluding hydrogens is 309 g/mol. The molecule has 0 atom stereocenters. The van der Waals surface area contributed by atoms with Crippen molar-refractivity contribution >= 4 is 5.91 Å². The molecule has 3 aromatic rings. The van der Waals surface area contributed by atoms with Gasteiger partial charge in [0, 0.05) is 43.2 Å². The number of hydrogen-bond donors (Lipinski definition) is 2. The van der Waals surface area contributed by atoms with Crippen molar-refractivity contribution in [2.75, 3.05) is 6.54 Å². The molecule has 1 aromatic carbocycles. The summed E-state index contributed by atoms with van der Waals surface area (Å²) in [6.45, 7) is 2.28. The van der Waals surface area contributed by atoms with Crippen LogP contribution >= 0.6 is 0 Å². The van der Waals surface area contributed by atoms with Gasteiger partial charge in [-0.1, -0.05) is 0 Å². The molecule has 124 valence electrons. The summed E-state index contributed by atoms with van der Waals surface area (Å²) < 4.78 is 14.8. The molecule has 24 heavy (non-hydrogen) atoms. The van der Waals surface area contributed by atoms with Crippen molar-refractivity contribution in [1.82, 2.24) is 25.1 Å². The van der Waals surface area contributed by atoms with E-state index in [0.29, 0.717) is 30.2 Å². The van der Waals surface area contributed by atoms with Crippen LogP contribution in [0.3, 0.4) is 0 Å². The molecule has 0 unspecified atom stereocenters. The summed E-state index contributed by atoms with van der Waals surface area (Å²) in [5.74, 6) is -0.00118. The lowest BCUT2D eigenvalue weighted by atomic mass is 10.2. The van der Waals surface area contributed by atoms with Crippen LogP contribution in [-0.2, 0) is 13.5 Å². The van der Waals surface area contributed by atoms with Gasteiger partial charge in [-0.15, -0.1) is 0 Å². The smallest absolute Gasteiger partial charge is 0.271 e. The molecule has 0 aliphatic rings. The van der Waals surface area contributed by atoms with Crippen LogP contribution in [0.1, 0.15) is 21.9 Å². The highest BCUT2D eigenvalue weighted by molar-refractivity contribution is 5.94. The minimum atomic E-state index is -0.310. The fraction of sp³-hybridized carbons (Fsp3) is 0.235. The largest absolute Gasteiger partial charge is 0.350 e. The van der Waals surface area contributed by atoms with Gasteiger partial charge in [0.25, 0.3) is 5.91 Å². The summed E-state index contributed by atoms with van der Waals surface area (Å²) in [6.07, 6.45) is 2.42. The highest BCUT2D eigenvalue weighted by Gasteiger charge is 2.15. The fourth-order valence-electron chi connectivity index (χ4n) is 2.46. The minimum Gasteiger partial charge on any atom is -0.350 e. The van der Waals surface area contributed by atoms with Crippen LogP contribution < -0.4 is 5.32 Å². The van der Waals surface area contributed by atoms with Crippen LogP contribution in [0.5, 0.6) is 0 Å². The SMILES string of the molecule is Cc1[nH]c(-c2ccc(F)cc2)nc1C(=O)NCCc1ccnn1C. The standard InChI is InChI=1S/C17H18FN5O/c1-11-15(17(24)19-9-7-14-8-10-20-23(14)2)22-16(21-11)12-3-5-13(18)6-4-12/h3-6,8,10H,7,9H2,1-2H3,(H,19,24)(H,21,22). The van der Waals surface area contributed by atoms with Crippen LogP contribution in [0, 0.1) is 12.7 Å². The van der Waals surface area contributed by atoms with E-state index in [9.17, 15) is 9.18 Å². The van der Waals surface area contributed by atoms with Crippen molar-refractivity contribution in [1.29, 1.82) is 0 Å². The molecule has 2 N–H and O–H groups in total. The van der Waals surface area contributed by atoms with Crippen molar-refractivity contribution in [3.63, 3.8) is 0 Å². The zero-order valence-electron chi connectivity index (χ0n) is 13.5. The molecule has 2 heterocycles. The van der Waals surface area contributed by atoms with Gasteiger partial charge in [0.05, 0.1) is 0 Å². The first-order valence-corrected chi connectivity index (χ1v) is 7.62. The molecule has 6 nitrogen and oxygen atoms in total. The van der Waals surface area contributed by atoms with Gasteiger partial charge >= 0.3 is 0 Å². The quantitative estimate of drug-likeness (QED) is 0.754. The molecule has 0 bridgehead atoms. The Labute approximate surface area is 138 Å². The Morgan fingerprint density at radius 2 is 2.04 bits per heavy atom. The van der Waals surface area contributed by atoms with Gasteiger partial charge in [0.2, 0.25) is 0 Å². The molecule has 7 heteroatoms. The number of hydrogen-bond acceptors (Lipinski definition) is 3. The van der Waals surface area contributed by atoms with Crippen LogP contribution in [0.4, 0.5) is 4.39 Å². The van der Waals surface area contributed by atoms with E-state index in [1.165, 1.54) is 12.1 Å².